The van der Waals surface area contributed by atoms with Crippen LogP contribution in [0.5, 0.6) is 0 Å². The Hall–Kier alpha value is -3.52. The normalized spacial score (nSPS) is 20.6. The largest absolute Gasteiger partial charge is 0.433 e. The number of aromatic nitrogens is 3. The van der Waals surface area contributed by atoms with Gasteiger partial charge < -0.3 is 5.32 Å². The third-order valence-corrected chi connectivity index (χ3v) is 7.93. The van der Waals surface area contributed by atoms with Gasteiger partial charge in [-0.1, -0.05) is 0 Å². The number of rotatable bonds is 6. The van der Waals surface area contributed by atoms with E-state index in [0.29, 0.717) is 0 Å². The second kappa shape index (κ2) is 9.74. The average molecular weight is 542 g/mol. The molecule has 1 fully saturated rings. The van der Waals surface area contributed by atoms with E-state index >= 15 is 0 Å². The zero-order valence-electron chi connectivity index (χ0n) is 19.2. The molecule has 0 aliphatic carbocycles. The Morgan fingerprint density at radius 2 is 1.84 bits per heavy atom. The number of benzene rings is 1. The fourth-order valence-electron chi connectivity index (χ4n) is 4.01. The van der Waals surface area contributed by atoms with Crippen molar-refractivity contribution in [2.45, 2.75) is 42.7 Å². The molecule has 0 bridgehead atoms. The van der Waals surface area contributed by atoms with E-state index in [4.69, 9.17) is 0 Å². The summed E-state index contributed by atoms with van der Waals surface area (Å²) < 4.78 is 92.9. The second-order valence-corrected chi connectivity index (χ2v) is 10.4. The fraction of sp³-hybridized carbons (Fsp3) is 0.304. The van der Waals surface area contributed by atoms with Crippen LogP contribution < -0.4 is 5.32 Å². The van der Waals surface area contributed by atoms with Gasteiger partial charge in [0.1, 0.15) is 29.5 Å². The van der Waals surface area contributed by atoms with Gasteiger partial charge in [-0.2, -0.15) is 17.5 Å². The van der Waals surface area contributed by atoms with E-state index < -0.39 is 58.3 Å². The molecule has 0 spiro atoms. The minimum atomic E-state index is -4.59. The zero-order chi connectivity index (χ0) is 27.0. The maximum absolute atomic E-state index is 14.4. The molecule has 1 aromatic carbocycles. The standard InChI is InChI=1S/C23H20F5N5O3S/c1-22(9-16(25)12-33(22)37(35,36)18-5-3-15(24)4-6-18)21(34)30-11-17-8-19(32-13-31-17)14-2-7-20(29-10-14)23(26,27)28/h2-8,10,13,16H,9,11-12H2,1H3,(H,30,34). The van der Waals surface area contributed by atoms with Gasteiger partial charge in [0.15, 0.2) is 0 Å². The fourth-order valence-corrected chi connectivity index (χ4v) is 5.79. The van der Waals surface area contributed by atoms with E-state index in [0.717, 1.165) is 47.2 Å². The lowest BCUT2D eigenvalue weighted by Gasteiger charge is -2.32. The molecule has 0 saturated carbocycles. The van der Waals surface area contributed by atoms with Crippen molar-refractivity contribution in [1.82, 2.24) is 24.6 Å². The smallest absolute Gasteiger partial charge is 0.349 e. The van der Waals surface area contributed by atoms with Crippen molar-refractivity contribution in [3.63, 3.8) is 0 Å². The van der Waals surface area contributed by atoms with Crippen LogP contribution in [0, 0.1) is 5.82 Å². The number of carbonyl (C=O) groups excluding carboxylic acids is 1. The second-order valence-electron chi connectivity index (χ2n) is 8.57. The quantitative estimate of drug-likeness (QED) is 0.479. The van der Waals surface area contributed by atoms with Crippen molar-refractivity contribution >= 4 is 15.9 Å². The Balaban J connectivity index is 1.51. The molecule has 1 N–H and O–H groups in total. The van der Waals surface area contributed by atoms with Crippen LogP contribution in [-0.4, -0.2) is 51.8 Å². The molecule has 1 aliphatic heterocycles. The third-order valence-electron chi connectivity index (χ3n) is 5.93. The summed E-state index contributed by atoms with van der Waals surface area (Å²) in [6, 6.07) is 7.40. The monoisotopic (exact) mass is 541 g/mol. The summed E-state index contributed by atoms with van der Waals surface area (Å²) in [5.74, 6) is -1.43. The predicted molar refractivity (Wildman–Crippen MR) is 120 cm³/mol. The first-order valence-corrected chi connectivity index (χ1v) is 12.3. The first kappa shape index (κ1) is 26.5. The Morgan fingerprint density at radius 3 is 2.46 bits per heavy atom. The molecule has 37 heavy (non-hydrogen) atoms. The first-order chi connectivity index (χ1) is 17.3. The highest BCUT2D eigenvalue weighted by Crippen LogP contribution is 2.36. The number of pyridine rings is 1. The van der Waals surface area contributed by atoms with Crippen LogP contribution in [-0.2, 0) is 27.5 Å². The Bertz CT molecular complexity index is 1400. The number of amides is 1. The van der Waals surface area contributed by atoms with Gasteiger partial charge in [0.25, 0.3) is 0 Å². The molecule has 3 heterocycles. The lowest BCUT2D eigenvalue weighted by Crippen LogP contribution is -2.55. The van der Waals surface area contributed by atoms with Crippen molar-refractivity contribution in [3.05, 3.63) is 72.2 Å². The van der Waals surface area contributed by atoms with Crippen molar-refractivity contribution in [1.29, 1.82) is 0 Å². The van der Waals surface area contributed by atoms with Gasteiger partial charge in [0, 0.05) is 24.7 Å². The molecule has 1 amide bonds. The highest BCUT2D eigenvalue weighted by molar-refractivity contribution is 7.89. The van der Waals surface area contributed by atoms with E-state index in [9.17, 15) is 35.2 Å². The highest BCUT2D eigenvalue weighted by Gasteiger charge is 2.53. The summed E-state index contributed by atoms with van der Waals surface area (Å²) in [6.45, 7) is 0.546. The maximum Gasteiger partial charge on any atom is 0.433 e. The van der Waals surface area contributed by atoms with Gasteiger partial charge in [-0.3, -0.25) is 9.78 Å². The van der Waals surface area contributed by atoms with Crippen molar-refractivity contribution in [2.75, 3.05) is 6.54 Å². The van der Waals surface area contributed by atoms with Crippen LogP contribution in [0.1, 0.15) is 24.7 Å². The van der Waals surface area contributed by atoms with E-state index in [2.05, 4.69) is 20.3 Å². The molecular weight excluding hydrogens is 521 g/mol. The molecule has 196 valence electrons. The molecule has 1 aliphatic rings. The van der Waals surface area contributed by atoms with Gasteiger partial charge in [0.2, 0.25) is 15.9 Å². The lowest BCUT2D eigenvalue weighted by molar-refractivity contribution is -0.141. The molecule has 3 aromatic rings. The van der Waals surface area contributed by atoms with Crippen LogP contribution in [0.3, 0.4) is 0 Å². The zero-order valence-corrected chi connectivity index (χ0v) is 20.0. The number of hydrogen-bond acceptors (Lipinski definition) is 6. The summed E-state index contributed by atoms with van der Waals surface area (Å²) in [7, 11) is -4.33. The molecule has 1 saturated heterocycles. The summed E-state index contributed by atoms with van der Waals surface area (Å²) >= 11 is 0. The van der Waals surface area contributed by atoms with Crippen molar-refractivity contribution < 1.29 is 35.2 Å². The Labute approximate surface area is 208 Å². The molecule has 0 radical (unpaired) electrons. The van der Waals surface area contributed by atoms with Gasteiger partial charge in [-0.15, -0.1) is 0 Å². The molecule has 2 unspecified atom stereocenters. The van der Waals surface area contributed by atoms with Crippen LogP contribution in [0.2, 0.25) is 0 Å². The predicted octanol–water partition coefficient (Wildman–Crippen LogP) is 3.50. The molecule has 2 aromatic heterocycles. The molecule has 2 atom stereocenters. The molecule has 8 nitrogen and oxygen atoms in total. The summed E-state index contributed by atoms with van der Waals surface area (Å²) in [5.41, 5.74) is -2.04. The maximum atomic E-state index is 14.4. The van der Waals surface area contributed by atoms with Crippen LogP contribution in [0.25, 0.3) is 11.3 Å². The van der Waals surface area contributed by atoms with Crippen LogP contribution >= 0.6 is 0 Å². The number of alkyl halides is 4. The molecule has 4 rings (SSSR count). The van der Waals surface area contributed by atoms with E-state index in [-0.39, 0.29) is 28.4 Å². The molecule has 14 heteroatoms. The highest BCUT2D eigenvalue weighted by atomic mass is 32.2. The SMILES string of the molecule is CC1(C(=O)NCc2cc(-c3ccc(C(F)(F)F)nc3)ncn2)CC(F)CN1S(=O)(=O)c1ccc(F)cc1. The third kappa shape index (κ3) is 5.44. The Morgan fingerprint density at radius 1 is 1.14 bits per heavy atom. The van der Waals surface area contributed by atoms with Crippen molar-refractivity contribution in [3.8, 4) is 11.3 Å². The number of carbonyl (C=O) groups is 1. The minimum absolute atomic E-state index is 0.195. The van der Waals surface area contributed by atoms with Gasteiger partial charge >= 0.3 is 6.18 Å². The Kier molecular flexibility index (Phi) is 6.99. The van der Waals surface area contributed by atoms with E-state index in [1.807, 2.05) is 0 Å². The number of sulfonamides is 1. The first-order valence-electron chi connectivity index (χ1n) is 10.9. The number of hydrogen-bond donors (Lipinski definition) is 1. The summed E-state index contributed by atoms with van der Waals surface area (Å²) in [4.78, 5) is 24.2. The summed E-state index contributed by atoms with van der Waals surface area (Å²) in [5, 5.41) is 2.55. The van der Waals surface area contributed by atoms with E-state index in [1.54, 1.807) is 0 Å². The van der Waals surface area contributed by atoms with Crippen molar-refractivity contribution in [2.24, 2.45) is 0 Å². The minimum Gasteiger partial charge on any atom is -0.349 e. The average Bonchev–Trinajstić information content (AvgIpc) is 3.18. The van der Waals surface area contributed by atoms with Crippen LogP contribution in [0.4, 0.5) is 22.0 Å². The summed E-state index contributed by atoms with van der Waals surface area (Å²) in [6.07, 6.45) is -4.44. The lowest BCUT2D eigenvalue weighted by atomic mass is 9.98. The van der Waals surface area contributed by atoms with E-state index in [1.165, 1.54) is 19.1 Å². The van der Waals surface area contributed by atoms with Gasteiger partial charge in [-0.05, 0) is 49.4 Å². The number of nitrogens with zero attached hydrogens (tertiary/aromatic N) is 4. The molecular formula is C23H20F5N5O3S. The van der Waals surface area contributed by atoms with Crippen LogP contribution in [0.15, 0.2) is 59.9 Å². The number of nitrogens with one attached hydrogen (secondary N) is 1. The topological polar surface area (TPSA) is 105 Å². The van der Waals surface area contributed by atoms with Gasteiger partial charge in [0.05, 0.1) is 22.8 Å². The number of halogens is 5. The van der Waals surface area contributed by atoms with Gasteiger partial charge in [-0.25, -0.2) is 27.2 Å².